The second-order valence-corrected chi connectivity index (χ2v) is 7.31. The summed E-state index contributed by atoms with van der Waals surface area (Å²) in [5.41, 5.74) is 7.60. The Hall–Kier alpha value is -3.06. The van der Waals surface area contributed by atoms with Crippen LogP contribution in [0.15, 0.2) is 42.5 Å². The monoisotopic (exact) mass is 393 g/mol. The van der Waals surface area contributed by atoms with Crippen LogP contribution in [-0.2, 0) is 6.42 Å². The van der Waals surface area contributed by atoms with Crippen LogP contribution in [0.1, 0.15) is 41.0 Å². The van der Waals surface area contributed by atoms with E-state index in [-0.39, 0.29) is 17.8 Å². The summed E-state index contributed by atoms with van der Waals surface area (Å²) >= 11 is 0. The number of anilines is 1. The first-order chi connectivity index (χ1) is 14.1. The van der Waals surface area contributed by atoms with Crippen molar-refractivity contribution in [1.82, 2.24) is 15.3 Å². The van der Waals surface area contributed by atoms with Crippen LogP contribution in [0.4, 0.5) is 10.2 Å². The summed E-state index contributed by atoms with van der Waals surface area (Å²) in [6.45, 7) is 3.63. The van der Waals surface area contributed by atoms with E-state index in [4.69, 9.17) is 10.7 Å². The summed E-state index contributed by atoms with van der Waals surface area (Å²) in [6, 6.07) is 12.1. The summed E-state index contributed by atoms with van der Waals surface area (Å²) in [4.78, 5) is 21.1. The van der Waals surface area contributed by atoms with Gasteiger partial charge in [0.2, 0.25) is 0 Å². The molecule has 0 saturated carbocycles. The molecule has 0 radical (unpaired) electrons. The molecule has 2 aromatic carbocycles. The molecule has 0 aliphatic carbocycles. The largest absolute Gasteiger partial charge is 0.366 e. The Kier molecular flexibility index (Phi) is 5.40. The van der Waals surface area contributed by atoms with Crippen LogP contribution in [0.5, 0.6) is 0 Å². The highest BCUT2D eigenvalue weighted by molar-refractivity contribution is 6.07. The molecule has 1 saturated heterocycles. The Labute approximate surface area is 168 Å². The van der Waals surface area contributed by atoms with Crippen molar-refractivity contribution in [3.05, 3.63) is 65.2 Å². The van der Waals surface area contributed by atoms with Crippen LogP contribution in [0.25, 0.3) is 10.9 Å². The van der Waals surface area contributed by atoms with E-state index in [1.807, 2.05) is 25.1 Å². The number of fused-ring (bicyclic) bond motifs is 1. The van der Waals surface area contributed by atoms with Crippen molar-refractivity contribution in [2.75, 3.05) is 18.4 Å². The number of nitrogens with zero attached hydrogens (tertiary/aromatic N) is 2. The zero-order valence-corrected chi connectivity index (χ0v) is 16.3. The lowest BCUT2D eigenvalue weighted by Gasteiger charge is -2.34. The number of piperidine rings is 1. The van der Waals surface area contributed by atoms with E-state index in [1.54, 1.807) is 12.1 Å². The highest BCUT2D eigenvalue weighted by Gasteiger charge is 2.27. The van der Waals surface area contributed by atoms with Crippen LogP contribution < -0.4 is 16.4 Å². The number of carbonyl (C=O) groups is 1. The molecule has 3 aromatic rings. The number of amides is 1. The molecule has 4 rings (SSSR count). The first kappa shape index (κ1) is 19.3. The van der Waals surface area contributed by atoms with Gasteiger partial charge in [0, 0.05) is 30.3 Å². The summed E-state index contributed by atoms with van der Waals surface area (Å²) < 4.78 is 13.4. The number of hydrogen-bond acceptors (Lipinski definition) is 5. The fourth-order valence-electron chi connectivity index (χ4n) is 3.96. The Balaban J connectivity index is 1.74. The predicted octanol–water partition coefficient (Wildman–Crippen LogP) is 2.99. The Morgan fingerprint density at radius 3 is 2.76 bits per heavy atom. The van der Waals surface area contributed by atoms with Gasteiger partial charge in [-0.05, 0) is 42.8 Å². The third kappa shape index (κ3) is 3.91. The number of halogens is 1. The minimum atomic E-state index is -0.508. The van der Waals surface area contributed by atoms with Gasteiger partial charge in [-0.25, -0.2) is 14.4 Å². The van der Waals surface area contributed by atoms with E-state index >= 15 is 0 Å². The molecule has 2 atom stereocenters. The summed E-state index contributed by atoms with van der Waals surface area (Å²) in [6.07, 6.45) is 1.57. The lowest BCUT2D eigenvalue weighted by molar-refractivity contribution is 0.100. The van der Waals surface area contributed by atoms with Crippen molar-refractivity contribution in [1.29, 1.82) is 0 Å². The molecule has 29 heavy (non-hydrogen) atoms. The third-order valence-electron chi connectivity index (χ3n) is 5.46. The van der Waals surface area contributed by atoms with Gasteiger partial charge in [-0.1, -0.05) is 25.1 Å². The number of aromatic nitrogens is 2. The lowest BCUT2D eigenvalue weighted by atomic mass is 9.86. The van der Waals surface area contributed by atoms with Gasteiger partial charge in [-0.15, -0.1) is 0 Å². The second kappa shape index (κ2) is 8.13. The number of primary amides is 1. The molecule has 2 heterocycles. The summed E-state index contributed by atoms with van der Waals surface area (Å²) in [5, 5.41) is 7.75. The van der Waals surface area contributed by atoms with Gasteiger partial charge in [0.1, 0.15) is 17.5 Å². The lowest BCUT2D eigenvalue weighted by Crippen LogP contribution is -2.44. The van der Waals surface area contributed by atoms with Crippen molar-refractivity contribution >= 4 is 22.6 Å². The van der Waals surface area contributed by atoms with Crippen molar-refractivity contribution in [3.63, 3.8) is 0 Å². The number of nitrogens with one attached hydrogen (secondary N) is 2. The molecule has 7 heteroatoms. The van der Waals surface area contributed by atoms with E-state index in [1.165, 1.54) is 12.1 Å². The van der Waals surface area contributed by atoms with Crippen LogP contribution in [0.2, 0.25) is 0 Å². The quantitative estimate of drug-likeness (QED) is 0.620. The van der Waals surface area contributed by atoms with Crippen LogP contribution >= 0.6 is 0 Å². The third-order valence-corrected chi connectivity index (χ3v) is 5.46. The van der Waals surface area contributed by atoms with Gasteiger partial charge in [0.15, 0.2) is 0 Å². The number of nitrogens with two attached hydrogens (primary N) is 1. The van der Waals surface area contributed by atoms with Gasteiger partial charge in [0.05, 0.1) is 11.1 Å². The first-order valence-electron chi connectivity index (χ1n) is 9.89. The van der Waals surface area contributed by atoms with Crippen LogP contribution in [-0.4, -0.2) is 35.0 Å². The summed E-state index contributed by atoms with van der Waals surface area (Å²) in [5.74, 6) is 0.809. The molecule has 0 bridgehead atoms. The molecule has 0 unspecified atom stereocenters. The van der Waals surface area contributed by atoms with E-state index in [0.717, 1.165) is 30.5 Å². The smallest absolute Gasteiger partial charge is 0.250 e. The second-order valence-electron chi connectivity index (χ2n) is 7.31. The number of carbonyl (C=O) groups excluding carboxylic acids is 1. The molecule has 1 amide bonds. The average molecular weight is 393 g/mol. The fraction of sp³-hybridized carbons (Fsp3) is 0.318. The molecule has 4 N–H and O–H groups in total. The van der Waals surface area contributed by atoms with Crippen molar-refractivity contribution in [2.24, 2.45) is 5.73 Å². The number of rotatable bonds is 5. The molecule has 150 valence electrons. The topological polar surface area (TPSA) is 92.9 Å². The molecule has 6 nitrogen and oxygen atoms in total. The van der Waals surface area contributed by atoms with Gasteiger partial charge in [0.25, 0.3) is 5.91 Å². The van der Waals surface area contributed by atoms with E-state index in [2.05, 4.69) is 15.6 Å². The number of aryl methyl sites for hydroxylation is 1. The van der Waals surface area contributed by atoms with Crippen LogP contribution in [0.3, 0.4) is 0 Å². The Morgan fingerprint density at radius 2 is 2.03 bits per heavy atom. The van der Waals surface area contributed by atoms with Crippen molar-refractivity contribution < 1.29 is 9.18 Å². The Morgan fingerprint density at radius 1 is 1.24 bits per heavy atom. The van der Waals surface area contributed by atoms with Gasteiger partial charge >= 0.3 is 0 Å². The SMILES string of the molecule is CCc1nc(N[C@H]2CNCC[C@@H]2c2ccc(F)cc2)c2cccc(C(N)=O)c2n1. The maximum absolute atomic E-state index is 13.4. The van der Waals surface area contributed by atoms with E-state index in [0.29, 0.717) is 29.1 Å². The maximum atomic E-state index is 13.4. The molecule has 1 fully saturated rings. The number of benzene rings is 2. The van der Waals surface area contributed by atoms with Gasteiger partial charge in [-0.2, -0.15) is 0 Å². The van der Waals surface area contributed by atoms with Crippen molar-refractivity contribution in [3.8, 4) is 0 Å². The van der Waals surface area contributed by atoms with Gasteiger partial charge < -0.3 is 16.4 Å². The normalized spacial score (nSPS) is 19.2. The Bertz CT molecular complexity index is 1040. The van der Waals surface area contributed by atoms with Crippen LogP contribution in [0, 0.1) is 5.82 Å². The standard InChI is InChI=1S/C22H24FN5O/c1-2-19-27-20-16(21(24)29)4-3-5-17(20)22(28-19)26-18-12-25-11-10-15(18)13-6-8-14(23)9-7-13/h3-9,15,18,25H,2,10-12H2,1H3,(H2,24,29)(H,26,27,28)/t15-,18+/m1/s1. The van der Waals surface area contributed by atoms with E-state index in [9.17, 15) is 9.18 Å². The molecule has 0 spiro atoms. The average Bonchev–Trinajstić information content (AvgIpc) is 2.74. The zero-order valence-electron chi connectivity index (χ0n) is 16.3. The maximum Gasteiger partial charge on any atom is 0.250 e. The number of hydrogen-bond donors (Lipinski definition) is 3. The molecule has 1 aromatic heterocycles. The molecule has 1 aliphatic heterocycles. The molecular weight excluding hydrogens is 369 g/mol. The minimum Gasteiger partial charge on any atom is -0.366 e. The van der Waals surface area contributed by atoms with Gasteiger partial charge in [-0.3, -0.25) is 4.79 Å². The zero-order chi connectivity index (χ0) is 20.4. The molecular formula is C22H24FN5O. The molecule has 1 aliphatic rings. The number of para-hydroxylation sites is 1. The van der Waals surface area contributed by atoms with E-state index < -0.39 is 5.91 Å². The minimum absolute atomic E-state index is 0.0641. The van der Waals surface area contributed by atoms with Crippen molar-refractivity contribution in [2.45, 2.75) is 31.7 Å². The fourth-order valence-corrected chi connectivity index (χ4v) is 3.96. The predicted molar refractivity (Wildman–Crippen MR) is 111 cm³/mol. The summed E-state index contributed by atoms with van der Waals surface area (Å²) in [7, 11) is 0. The highest BCUT2D eigenvalue weighted by Crippen LogP contribution is 2.30. The highest BCUT2D eigenvalue weighted by atomic mass is 19.1. The first-order valence-corrected chi connectivity index (χ1v) is 9.89.